The van der Waals surface area contributed by atoms with E-state index in [4.69, 9.17) is 15.5 Å². The van der Waals surface area contributed by atoms with Gasteiger partial charge in [0.05, 0.1) is 25.1 Å². The molecule has 0 aliphatic heterocycles. The normalized spacial score (nSPS) is 12.3. The van der Waals surface area contributed by atoms with Crippen LogP contribution in [-0.2, 0) is 4.79 Å². The smallest absolute Gasteiger partial charge is 0.238 e. The van der Waals surface area contributed by atoms with E-state index in [-0.39, 0.29) is 18.5 Å². The maximum absolute atomic E-state index is 12.6. The zero-order valence-electron chi connectivity index (χ0n) is 17.4. The highest BCUT2D eigenvalue weighted by Gasteiger charge is 2.22. The molecule has 1 amide bonds. The first-order valence-corrected chi connectivity index (χ1v) is 10.4. The minimum absolute atomic E-state index is 0.0965. The molecule has 3 aromatic rings. The molecule has 2 heterocycles. The Hall–Kier alpha value is -2.71. The Bertz CT molecular complexity index is 1020. The van der Waals surface area contributed by atoms with Gasteiger partial charge in [-0.3, -0.25) is 9.69 Å². The van der Waals surface area contributed by atoms with Crippen LogP contribution in [0.3, 0.4) is 0 Å². The van der Waals surface area contributed by atoms with Crippen molar-refractivity contribution in [3.8, 4) is 5.75 Å². The summed E-state index contributed by atoms with van der Waals surface area (Å²) in [5.41, 5.74) is 8.09. The van der Waals surface area contributed by atoms with Gasteiger partial charge in [-0.2, -0.15) is 0 Å². The fourth-order valence-electron chi connectivity index (χ4n) is 3.23. The largest absolute Gasteiger partial charge is 0.497 e. The van der Waals surface area contributed by atoms with Gasteiger partial charge in [-0.25, -0.2) is 9.97 Å². The van der Waals surface area contributed by atoms with Crippen LogP contribution in [0, 0.1) is 13.8 Å². The molecule has 0 fully saturated rings. The minimum atomic E-state index is -0.143. The van der Waals surface area contributed by atoms with E-state index in [9.17, 15) is 4.79 Å². The van der Waals surface area contributed by atoms with E-state index in [1.165, 1.54) is 4.88 Å². The van der Waals surface area contributed by atoms with Gasteiger partial charge in [-0.1, -0.05) is 6.92 Å². The number of carbonyl (C=O) groups is 1. The Morgan fingerprint density at radius 3 is 2.59 bits per heavy atom. The molecule has 3 N–H and O–H groups in total. The number of ether oxygens (including phenoxy) is 1. The van der Waals surface area contributed by atoms with Gasteiger partial charge in [0.15, 0.2) is 0 Å². The third-order valence-corrected chi connectivity index (χ3v) is 6.22. The van der Waals surface area contributed by atoms with Crippen molar-refractivity contribution in [2.75, 3.05) is 31.2 Å². The molecule has 2 aromatic heterocycles. The number of aromatic nitrogens is 2. The van der Waals surface area contributed by atoms with Crippen LogP contribution in [0.5, 0.6) is 5.75 Å². The summed E-state index contributed by atoms with van der Waals surface area (Å²) >= 11 is 1.62. The average Bonchev–Trinajstić information content (AvgIpc) is 3.00. The van der Waals surface area contributed by atoms with Crippen LogP contribution >= 0.6 is 11.3 Å². The molecule has 1 aromatic carbocycles. The lowest BCUT2D eigenvalue weighted by Gasteiger charge is -2.26. The molecular weight excluding hydrogens is 386 g/mol. The van der Waals surface area contributed by atoms with Gasteiger partial charge in [0.1, 0.15) is 22.2 Å². The molecule has 29 heavy (non-hydrogen) atoms. The van der Waals surface area contributed by atoms with Crippen LogP contribution in [0.1, 0.15) is 36.2 Å². The number of nitrogen functional groups attached to an aromatic ring is 1. The highest BCUT2D eigenvalue weighted by Crippen LogP contribution is 2.33. The predicted octanol–water partition coefficient (Wildman–Crippen LogP) is 3.92. The van der Waals surface area contributed by atoms with Gasteiger partial charge >= 0.3 is 0 Å². The average molecular weight is 414 g/mol. The fraction of sp³-hybridized carbons (Fsp3) is 0.381. The molecule has 0 aliphatic rings. The summed E-state index contributed by atoms with van der Waals surface area (Å²) < 4.78 is 5.14. The first-order chi connectivity index (χ1) is 13.8. The SMILES string of the molecule is CCN(CC(=O)Nc1ccc(OC)cc1)C(C)c1nc(N)c2c(C)c(C)sc2n1. The summed E-state index contributed by atoms with van der Waals surface area (Å²) in [6, 6.07) is 7.11. The summed E-state index contributed by atoms with van der Waals surface area (Å²) in [6.07, 6.45) is 0. The Morgan fingerprint density at radius 1 is 1.28 bits per heavy atom. The van der Waals surface area contributed by atoms with E-state index in [2.05, 4.69) is 17.2 Å². The van der Waals surface area contributed by atoms with Crippen molar-refractivity contribution < 1.29 is 9.53 Å². The number of thiophene rings is 1. The number of hydrogen-bond donors (Lipinski definition) is 2. The Morgan fingerprint density at radius 2 is 1.97 bits per heavy atom. The molecule has 0 bridgehead atoms. The third kappa shape index (κ3) is 4.49. The molecule has 0 saturated heterocycles. The van der Waals surface area contributed by atoms with Gasteiger partial charge < -0.3 is 15.8 Å². The van der Waals surface area contributed by atoms with E-state index in [1.54, 1.807) is 18.4 Å². The first-order valence-electron chi connectivity index (χ1n) is 9.55. The Labute approximate surface area is 174 Å². The number of carbonyl (C=O) groups excluding carboxylic acids is 1. The van der Waals surface area contributed by atoms with E-state index in [0.29, 0.717) is 18.2 Å². The zero-order valence-corrected chi connectivity index (χ0v) is 18.3. The molecule has 154 valence electrons. The number of hydrogen-bond acceptors (Lipinski definition) is 7. The molecule has 1 atom stereocenters. The van der Waals surface area contributed by atoms with Gasteiger partial charge in [0.2, 0.25) is 5.91 Å². The summed E-state index contributed by atoms with van der Waals surface area (Å²) in [6.45, 7) is 9.02. The van der Waals surface area contributed by atoms with Gasteiger partial charge in [-0.05, 0) is 57.1 Å². The lowest BCUT2D eigenvalue weighted by atomic mass is 10.2. The van der Waals surface area contributed by atoms with Gasteiger partial charge in [0, 0.05) is 10.6 Å². The number of methoxy groups -OCH3 is 1. The van der Waals surface area contributed by atoms with E-state index in [0.717, 1.165) is 27.2 Å². The van der Waals surface area contributed by atoms with Gasteiger partial charge in [0.25, 0.3) is 0 Å². The van der Waals surface area contributed by atoms with Crippen molar-refractivity contribution in [3.05, 3.63) is 40.5 Å². The number of benzene rings is 1. The first kappa shape index (κ1) is 21.0. The number of rotatable bonds is 7. The number of nitrogens with zero attached hydrogens (tertiary/aromatic N) is 3. The molecular formula is C21H27N5O2S. The Kier molecular flexibility index (Phi) is 6.34. The second-order valence-corrected chi connectivity index (χ2v) is 8.15. The van der Waals surface area contributed by atoms with Crippen molar-refractivity contribution in [3.63, 3.8) is 0 Å². The maximum Gasteiger partial charge on any atom is 0.238 e. The summed E-state index contributed by atoms with van der Waals surface area (Å²) in [4.78, 5) is 25.9. The van der Waals surface area contributed by atoms with Crippen LogP contribution in [-0.4, -0.2) is 41.0 Å². The summed E-state index contributed by atoms with van der Waals surface area (Å²) in [5, 5.41) is 3.85. The van der Waals surface area contributed by atoms with E-state index >= 15 is 0 Å². The minimum Gasteiger partial charge on any atom is -0.497 e. The standard InChI is InChI=1S/C21H27N5O2S/c1-6-26(11-17(27)23-15-7-9-16(28-5)10-8-15)13(3)20-24-19(22)18-12(2)14(4)29-21(18)25-20/h7-10,13H,6,11H2,1-5H3,(H,23,27)(H2,22,24,25). The summed E-state index contributed by atoms with van der Waals surface area (Å²) in [7, 11) is 1.61. The number of fused-ring (bicyclic) bond motifs is 1. The molecule has 0 spiro atoms. The number of nitrogens with one attached hydrogen (secondary N) is 1. The predicted molar refractivity (Wildman–Crippen MR) is 119 cm³/mol. The lowest BCUT2D eigenvalue weighted by Crippen LogP contribution is -2.35. The number of likely N-dealkylation sites (N-methyl/N-ethyl adjacent to an activating group) is 1. The highest BCUT2D eigenvalue weighted by molar-refractivity contribution is 7.18. The quantitative estimate of drug-likeness (QED) is 0.610. The number of anilines is 2. The van der Waals surface area contributed by atoms with E-state index in [1.807, 2.05) is 49.9 Å². The van der Waals surface area contributed by atoms with Crippen molar-refractivity contribution >= 4 is 39.0 Å². The summed E-state index contributed by atoms with van der Waals surface area (Å²) in [5.74, 6) is 1.78. The zero-order chi connectivity index (χ0) is 21.1. The second kappa shape index (κ2) is 8.75. The highest BCUT2D eigenvalue weighted by atomic mass is 32.1. The lowest BCUT2D eigenvalue weighted by molar-refractivity contribution is -0.117. The van der Waals surface area contributed by atoms with Crippen LogP contribution in [0.2, 0.25) is 0 Å². The van der Waals surface area contributed by atoms with E-state index < -0.39 is 0 Å². The fourth-order valence-corrected chi connectivity index (χ4v) is 4.27. The molecule has 3 rings (SSSR count). The maximum atomic E-state index is 12.6. The Balaban J connectivity index is 1.75. The van der Waals surface area contributed by atoms with Crippen LogP contribution in [0.25, 0.3) is 10.2 Å². The van der Waals surface area contributed by atoms with Crippen molar-refractivity contribution in [2.24, 2.45) is 0 Å². The third-order valence-electron chi connectivity index (χ3n) is 5.12. The molecule has 8 heteroatoms. The van der Waals surface area contributed by atoms with Crippen molar-refractivity contribution in [1.29, 1.82) is 0 Å². The van der Waals surface area contributed by atoms with Crippen LogP contribution in [0.15, 0.2) is 24.3 Å². The molecule has 0 saturated carbocycles. The van der Waals surface area contributed by atoms with Crippen LogP contribution in [0.4, 0.5) is 11.5 Å². The topological polar surface area (TPSA) is 93.4 Å². The van der Waals surface area contributed by atoms with Crippen molar-refractivity contribution in [1.82, 2.24) is 14.9 Å². The number of amides is 1. The number of aryl methyl sites for hydroxylation is 2. The molecule has 0 radical (unpaired) electrons. The van der Waals surface area contributed by atoms with Gasteiger partial charge in [-0.15, -0.1) is 11.3 Å². The second-order valence-electron chi connectivity index (χ2n) is 6.95. The van der Waals surface area contributed by atoms with Crippen molar-refractivity contribution in [2.45, 2.75) is 33.7 Å². The number of nitrogens with two attached hydrogens (primary N) is 1. The van der Waals surface area contributed by atoms with Crippen LogP contribution < -0.4 is 15.8 Å². The monoisotopic (exact) mass is 413 g/mol. The molecule has 1 unspecified atom stereocenters. The molecule has 0 aliphatic carbocycles. The molecule has 7 nitrogen and oxygen atoms in total.